The van der Waals surface area contributed by atoms with Crippen LogP contribution in [-0.4, -0.2) is 26.6 Å². The van der Waals surface area contributed by atoms with Gasteiger partial charge in [0.1, 0.15) is 0 Å². The summed E-state index contributed by atoms with van der Waals surface area (Å²) in [6.45, 7) is 3.51. The lowest BCUT2D eigenvalue weighted by Gasteiger charge is -2.32. The van der Waals surface area contributed by atoms with Crippen molar-refractivity contribution < 1.29 is 30.4 Å². The van der Waals surface area contributed by atoms with Gasteiger partial charge in [0, 0.05) is 6.42 Å². The molecular weight excluding hydrogens is 429 g/mol. The van der Waals surface area contributed by atoms with Gasteiger partial charge in [-0.25, -0.2) is 27.8 Å². The predicted octanol–water partition coefficient (Wildman–Crippen LogP) is 3.97. The average molecular weight is 449 g/mol. The molecule has 0 aromatic heterocycles. The Balaban J connectivity index is 2.13. The molecule has 0 bridgehead atoms. The highest BCUT2D eigenvalue weighted by Crippen LogP contribution is 2.49. The molecule has 0 spiro atoms. The highest BCUT2D eigenvalue weighted by atomic mass is 32.2. The van der Waals surface area contributed by atoms with Gasteiger partial charge in [-0.2, -0.15) is 13.2 Å². The van der Waals surface area contributed by atoms with Gasteiger partial charge < -0.3 is 0 Å². The second-order valence-corrected chi connectivity index (χ2v) is 8.93. The smallest absolute Gasteiger partial charge is 0.300 e. The van der Waals surface area contributed by atoms with Crippen LogP contribution in [0, 0.1) is 13.8 Å². The van der Waals surface area contributed by atoms with E-state index in [1.54, 1.807) is 25.1 Å². The summed E-state index contributed by atoms with van der Waals surface area (Å²) in [5, 5.41) is 6.07. The van der Waals surface area contributed by atoms with Crippen LogP contribution in [-0.2, 0) is 10.0 Å². The lowest BCUT2D eigenvalue weighted by Crippen LogP contribution is -2.61. The number of aryl methyl sites for hydroxylation is 2. The van der Waals surface area contributed by atoms with E-state index in [0.29, 0.717) is 11.1 Å². The first kappa shape index (κ1) is 22.4. The summed E-state index contributed by atoms with van der Waals surface area (Å²) in [5.74, 6) is 0. The van der Waals surface area contributed by atoms with Crippen LogP contribution in [0.2, 0.25) is 0 Å². The molecule has 11 heteroatoms. The molecule has 3 N–H and O–H groups in total. The molecule has 30 heavy (non-hydrogen) atoms. The van der Waals surface area contributed by atoms with Crippen LogP contribution >= 0.6 is 0 Å². The quantitative estimate of drug-likeness (QED) is 0.693. The fraction of sp³-hybridized carbons (Fsp3) is 0.368. The maximum absolute atomic E-state index is 13.8. The third-order valence-corrected chi connectivity index (χ3v) is 6.18. The van der Waals surface area contributed by atoms with Gasteiger partial charge in [-0.1, -0.05) is 23.8 Å². The normalized spacial score (nSPS) is 22.7. The minimum atomic E-state index is -5.23. The molecule has 2 atom stereocenters. The summed E-state index contributed by atoms with van der Waals surface area (Å²) in [7, 11) is -4.02. The van der Waals surface area contributed by atoms with Gasteiger partial charge in [-0.3, -0.25) is 5.01 Å². The zero-order valence-electron chi connectivity index (χ0n) is 16.0. The number of nitrogens with zero attached hydrogens (tertiary/aromatic N) is 1. The monoisotopic (exact) mass is 449 g/mol. The Morgan fingerprint density at radius 2 is 1.73 bits per heavy atom. The number of primary sulfonamides is 1. The highest BCUT2D eigenvalue weighted by molar-refractivity contribution is 7.89. The third kappa shape index (κ3) is 3.88. The number of sulfonamides is 1. The maximum atomic E-state index is 13.8. The van der Waals surface area contributed by atoms with Gasteiger partial charge in [0.2, 0.25) is 10.0 Å². The number of alkyl halides is 5. The van der Waals surface area contributed by atoms with Crippen LogP contribution in [0.25, 0.3) is 0 Å². The maximum Gasteiger partial charge on any atom is 0.413 e. The number of anilines is 1. The van der Waals surface area contributed by atoms with E-state index >= 15 is 0 Å². The SMILES string of the molecule is Cc1ccc(C2CC(C(F)F)(C(F)(F)F)NN2c2ccc(S(N)(=O)=O)cc2)c(C)c1. The van der Waals surface area contributed by atoms with E-state index in [4.69, 9.17) is 5.14 Å². The number of rotatable bonds is 4. The van der Waals surface area contributed by atoms with E-state index in [2.05, 4.69) is 0 Å². The molecule has 0 saturated carbocycles. The fourth-order valence-electron chi connectivity index (χ4n) is 3.66. The number of hydrazine groups is 1. The molecular formula is C19H20F5N3O2S. The van der Waals surface area contributed by atoms with Crippen LogP contribution < -0.4 is 15.6 Å². The second-order valence-electron chi connectivity index (χ2n) is 7.37. The van der Waals surface area contributed by atoms with E-state index in [0.717, 1.165) is 22.7 Å². The minimum absolute atomic E-state index is 0.0964. The number of halogens is 5. The highest BCUT2D eigenvalue weighted by Gasteiger charge is 2.66. The van der Waals surface area contributed by atoms with E-state index in [1.165, 1.54) is 12.1 Å². The summed E-state index contributed by atoms with van der Waals surface area (Å²) in [6, 6.07) is 8.67. The molecule has 164 valence electrons. The van der Waals surface area contributed by atoms with Gasteiger partial charge in [-0.15, -0.1) is 0 Å². The van der Waals surface area contributed by atoms with Crippen molar-refractivity contribution in [2.75, 3.05) is 5.01 Å². The number of nitrogens with two attached hydrogens (primary N) is 1. The lowest BCUT2D eigenvalue weighted by molar-refractivity contribution is -0.227. The zero-order chi connectivity index (χ0) is 22.5. The van der Waals surface area contributed by atoms with E-state index in [-0.39, 0.29) is 10.6 Å². The summed E-state index contributed by atoms with van der Waals surface area (Å²) in [6.07, 6.45) is -9.87. The van der Waals surface area contributed by atoms with Crippen molar-refractivity contribution in [1.29, 1.82) is 0 Å². The minimum Gasteiger partial charge on any atom is -0.300 e. The Morgan fingerprint density at radius 3 is 2.20 bits per heavy atom. The molecule has 1 fully saturated rings. The topological polar surface area (TPSA) is 75.4 Å². The Labute approximate surface area is 170 Å². The summed E-state index contributed by atoms with van der Waals surface area (Å²) >= 11 is 0. The molecule has 2 aromatic rings. The summed E-state index contributed by atoms with van der Waals surface area (Å²) in [5.41, 5.74) is 0.616. The molecule has 1 saturated heterocycles. The van der Waals surface area contributed by atoms with Crippen molar-refractivity contribution in [1.82, 2.24) is 5.43 Å². The molecule has 1 aliphatic rings. The number of hydrogen-bond acceptors (Lipinski definition) is 4. The van der Waals surface area contributed by atoms with Crippen molar-refractivity contribution in [2.24, 2.45) is 5.14 Å². The van der Waals surface area contributed by atoms with Gasteiger partial charge in [0.25, 0.3) is 6.43 Å². The first-order valence-electron chi connectivity index (χ1n) is 8.88. The van der Waals surface area contributed by atoms with Crippen LogP contribution in [0.5, 0.6) is 0 Å². The van der Waals surface area contributed by atoms with Crippen LogP contribution in [0.3, 0.4) is 0 Å². The predicted molar refractivity (Wildman–Crippen MR) is 101 cm³/mol. The third-order valence-electron chi connectivity index (χ3n) is 5.25. The van der Waals surface area contributed by atoms with Crippen molar-refractivity contribution >= 4 is 15.7 Å². The van der Waals surface area contributed by atoms with E-state index < -0.39 is 40.6 Å². The number of hydrogen-bond donors (Lipinski definition) is 2. The molecule has 1 heterocycles. The summed E-state index contributed by atoms with van der Waals surface area (Å²) < 4.78 is 91.7. The van der Waals surface area contributed by atoms with Gasteiger partial charge >= 0.3 is 6.18 Å². The van der Waals surface area contributed by atoms with Crippen LogP contribution in [0.1, 0.15) is 29.2 Å². The molecule has 0 radical (unpaired) electrons. The van der Waals surface area contributed by atoms with E-state index in [9.17, 15) is 30.4 Å². The molecule has 5 nitrogen and oxygen atoms in total. The van der Waals surface area contributed by atoms with Crippen molar-refractivity contribution in [3.63, 3.8) is 0 Å². The number of benzene rings is 2. The average Bonchev–Trinajstić information content (AvgIpc) is 3.03. The van der Waals surface area contributed by atoms with E-state index in [1.807, 2.05) is 12.3 Å². The van der Waals surface area contributed by atoms with Crippen molar-refractivity contribution in [3.05, 3.63) is 59.2 Å². The molecule has 2 unspecified atom stereocenters. The first-order valence-corrected chi connectivity index (χ1v) is 10.4. The molecule has 2 aromatic carbocycles. The van der Waals surface area contributed by atoms with Gasteiger partial charge in [-0.05, 0) is 49.2 Å². The van der Waals surface area contributed by atoms with Gasteiger partial charge in [0.15, 0.2) is 5.54 Å². The second kappa shape index (κ2) is 7.47. The summed E-state index contributed by atoms with van der Waals surface area (Å²) in [4.78, 5) is -0.246. The molecule has 0 aliphatic carbocycles. The van der Waals surface area contributed by atoms with Gasteiger partial charge in [0.05, 0.1) is 16.6 Å². The molecule has 3 rings (SSSR count). The Kier molecular flexibility index (Phi) is 5.59. The lowest BCUT2D eigenvalue weighted by atomic mass is 9.88. The Morgan fingerprint density at radius 1 is 1.13 bits per heavy atom. The van der Waals surface area contributed by atoms with Crippen LogP contribution in [0.4, 0.5) is 27.6 Å². The first-order chi connectivity index (χ1) is 13.8. The van der Waals surface area contributed by atoms with Crippen LogP contribution in [0.15, 0.2) is 47.4 Å². The molecule has 1 aliphatic heterocycles. The fourth-order valence-corrected chi connectivity index (χ4v) is 4.18. The van der Waals surface area contributed by atoms with Crippen molar-refractivity contribution in [2.45, 2.75) is 49.3 Å². The zero-order valence-corrected chi connectivity index (χ0v) is 16.9. The molecule has 0 amide bonds. The Hall–Kier alpha value is -2.24. The number of nitrogens with one attached hydrogen (secondary N) is 1. The standard InChI is InChI=1S/C19H20F5N3O2S/c1-11-3-8-15(12(2)9-11)16-10-18(17(20)21,19(22,23)24)26-27(16)13-4-6-14(7-5-13)30(25,28)29/h3-9,16-17,26H,10H2,1-2H3,(H2,25,28,29). The largest absolute Gasteiger partial charge is 0.413 e. The van der Waals surface area contributed by atoms with Crippen molar-refractivity contribution in [3.8, 4) is 0 Å². The Bertz CT molecular complexity index is 1040.